The second kappa shape index (κ2) is 7.15. The molecule has 1 amide bonds. The maximum atomic E-state index is 13.6. The first-order valence-electron chi connectivity index (χ1n) is 10.4. The Kier molecular flexibility index (Phi) is 4.66. The molecule has 0 spiro atoms. The van der Waals surface area contributed by atoms with Crippen LogP contribution in [0.3, 0.4) is 0 Å². The molecule has 2 unspecified atom stereocenters. The van der Waals surface area contributed by atoms with Crippen molar-refractivity contribution in [3.8, 4) is 0 Å². The zero-order chi connectivity index (χ0) is 18.4. The predicted molar refractivity (Wildman–Crippen MR) is 99.0 cm³/mol. The molecule has 0 bridgehead atoms. The topological polar surface area (TPSA) is 62.4 Å². The van der Waals surface area contributed by atoms with Crippen LogP contribution < -0.4 is 16.2 Å². The Morgan fingerprint density at radius 2 is 2.07 bits per heavy atom. The molecule has 5 rings (SSSR count). The van der Waals surface area contributed by atoms with E-state index in [9.17, 15) is 9.18 Å². The second-order valence-electron chi connectivity index (χ2n) is 8.61. The predicted octanol–water partition coefficient (Wildman–Crippen LogP) is 2.30. The molecule has 6 atom stereocenters. The summed E-state index contributed by atoms with van der Waals surface area (Å²) in [6, 6.07) is 6.54. The fourth-order valence-corrected chi connectivity index (χ4v) is 5.89. The van der Waals surface area contributed by atoms with Crippen LogP contribution in [0.15, 0.2) is 24.3 Å². The average molecular weight is 373 g/mol. The van der Waals surface area contributed by atoms with Gasteiger partial charge in [0.05, 0.1) is 18.1 Å². The zero-order valence-corrected chi connectivity index (χ0v) is 15.5. The second-order valence-corrected chi connectivity index (χ2v) is 8.61. The fourth-order valence-electron chi connectivity index (χ4n) is 5.89. The summed E-state index contributed by atoms with van der Waals surface area (Å²) < 4.78 is 19.6. The summed E-state index contributed by atoms with van der Waals surface area (Å²) in [5.74, 6) is 1.19. The molecule has 2 saturated carbocycles. The van der Waals surface area contributed by atoms with Crippen LogP contribution >= 0.6 is 0 Å². The highest BCUT2D eigenvalue weighted by molar-refractivity contribution is 5.80. The van der Waals surface area contributed by atoms with Gasteiger partial charge in [-0.1, -0.05) is 37.8 Å². The molecule has 4 aliphatic rings. The van der Waals surface area contributed by atoms with Gasteiger partial charge in [0.1, 0.15) is 5.82 Å². The maximum Gasteiger partial charge on any atom is 0.226 e. The Hall–Kier alpha value is -1.50. The number of nitrogens with one attached hydrogen (secondary N) is 3. The molecular weight excluding hydrogens is 345 g/mol. The van der Waals surface area contributed by atoms with E-state index in [2.05, 4.69) is 16.2 Å². The van der Waals surface area contributed by atoms with E-state index in [1.807, 2.05) is 6.07 Å². The minimum atomic E-state index is -0.272. The largest absolute Gasteiger partial charge is 0.377 e. The van der Waals surface area contributed by atoms with Crippen molar-refractivity contribution in [2.45, 2.75) is 50.3 Å². The Labute approximate surface area is 159 Å². The molecule has 4 fully saturated rings. The first kappa shape index (κ1) is 17.6. The summed E-state index contributed by atoms with van der Waals surface area (Å²) in [4.78, 5) is 13.1. The number of hydrogen-bond acceptors (Lipinski definition) is 4. The van der Waals surface area contributed by atoms with Gasteiger partial charge in [-0.3, -0.25) is 10.2 Å². The molecule has 5 nitrogen and oxygen atoms in total. The number of hydrogen-bond donors (Lipinski definition) is 3. The molecule has 27 heavy (non-hydrogen) atoms. The van der Waals surface area contributed by atoms with Crippen LogP contribution in [0.25, 0.3) is 0 Å². The number of carbonyl (C=O) groups excluding carboxylic acids is 1. The van der Waals surface area contributed by atoms with Crippen LogP contribution in [-0.4, -0.2) is 31.2 Å². The minimum Gasteiger partial charge on any atom is -0.377 e. The van der Waals surface area contributed by atoms with Crippen molar-refractivity contribution in [2.75, 3.05) is 13.2 Å². The number of fused-ring (bicyclic) bond motifs is 1. The van der Waals surface area contributed by atoms with Crippen LogP contribution in [0, 0.1) is 29.5 Å². The molecule has 1 aromatic carbocycles. The Morgan fingerprint density at radius 3 is 2.89 bits per heavy atom. The molecule has 2 aliphatic carbocycles. The van der Waals surface area contributed by atoms with E-state index in [4.69, 9.17) is 4.74 Å². The minimum absolute atomic E-state index is 0.0695. The zero-order valence-electron chi connectivity index (χ0n) is 15.5. The molecule has 3 N–H and O–H groups in total. The number of benzene rings is 1. The summed E-state index contributed by atoms with van der Waals surface area (Å²) in [7, 11) is 0. The van der Waals surface area contributed by atoms with Crippen LogP contribution in [0.1, 0.15) is 43.7 Å². The van der Waals surface area contributed by atoms with E-state index in [0.29, 0.717) is 30.4 Å². The van der Waals surface area contributed by atoms with Gasteiger partial charge in [-0.15, -0.1) is 0 Å². The Bertz CT molecular complexity index is 704. The number of hydrazine groups is 1. The van der Waals surface area contributed by atoms with Gasteiger partial charge >= 0.3 is 0 Å². The van der Waals surface area contributed by atoms with Gasteiger partial charge in [0.2, 0.25) is 5.91 Å². The van der Waals surface area contributed by atoms with E-state index < -0.39 is 0 Å². The van der Waals surface area contributed by atoms with Crippen LogP contribution in [0.4, 0.5) is 4.39 Å². The van der Waals surface area contributed by atoms with Gasteiger partial charge in [0.15, 0.2) is 0 Å². The van der Waals surface area contributed by atoms with Crippen molar-refractivity contribution in [3.05, 3.63) is 35.6 Å². The lowest BCUT2D eigenvalue weighted by Gasteiger charge is -2.51. The highest BCUT2D eigenvalue weighted by Gasteiger charge is 2.57. The summed E-state index contributed by atoms with van der Waals surface area (Å²) in [6.07, 6.45) is 6.53. The van der Waals surface area contributed by atoms with Crippen LogP contribution in [0.5, 0.6) is 0 Å². The molecule has 2 heterocycles. The highest BCUT2D eigenvalue weighted by Crippen LogP contribution is 2.51. The molecule has 1 aromatic rings. The molecule has 6 heteroatoms. The Balaban J connectivity index is 1.30. The summed E-state index contributed by atoms with van der Waals surface area (Å²) >= 11 is 0. The average Bonchev–Trinajstić information content (AvgIpc) is 3.41. The molecule has 2 aliphatic heterocycles. The molecule has 0 radical (unpaired) electrons. The standard InChI is InChI=1S/C21H28FN3O2/c22-14-7-3-6-13(10-14)18-16(11-23-25-18)21(26)24-19-15-8-9-27-20(15)17(19)12-4-1-2-5-12/h3,6-7,10,12,15-20,23,25H,1-2,4-5,8-9,11H2,(H,24,26)/t15-,16?,17+,18?,19+,20-/m1/s1. The highest BCUT2D eigenvalue weighted by atomic mass is 19.1. The summed E-state index contributed by atoms with van der Waals surface area (Å²) in [6.45, 7) is 1.38. The van der Waals surface area contributed by atoms with Crippen molar-refractivity contribution in [3.63, 3.8) is 0 Å². The molecule has 146 valence electrons. The smallest absolute Gasteiger partial charge is 0.226 e. The number of ether oxygens (including phenoxy) is 1. The third-order valence-corrected chi connectivity index (χ3v) is 7.22. The van der Waals surface area contributed by atoms with E-state index in [-0.39, 0.29) is 29.7 Å². The lowest BCUT2D eigenvalue weighted by atomic mass is 9.61. The quantitative estimate of drug-likeness (QED) is 0.758. The third-order valence-electron chi connectivity index (χ3n) is 7.22. The third kappa shape index (κ3) is 3.08. The van der Waals surface area contributed by atoms with Gasteiger partial charge in [-0.05, 0) is 30.0 Å². The monoisotopic (exact) mass is 373 g/mol. The van der Waals surface area contributed by atoms with E-state index >= 15 is 0 Å². The van der Waals surface area contributed by atoms with Crippen molar-refractivity contribution in [2.24, 2.45) is 23.7 Å². The van der Waals surface area contributed by atoms with E-state index in [0.717, 1.165) is 18.6 Å². The number of amides is 1. The van der Waals surface area contributed by atoms with Crippen LogP contribution in [-0.2, 0) is 9.53 Å². The van der Waals surface area contributed by atoms with Crippen molar-refractivity contribution in [1.29, 1.82) is 0 Å². The van der Waals surface area contributed by atoms with Crippen molar-refractivity contribution in [1.82, 2.24) is 16.2 Å². The van der Waals surface area contributed by atoms with Gasteiger partial charge in [0, 0.05) is 31.0 Å². The molecule has 2 saturated heterocycles. The van der Waals surface area contributed by atoms with Gasteiger partial charge < -0.3 is 10.1 Å². The van der Waals surface area contributed by atoms with Gasteiger partial charge in [0.25, 0.3) is 0 Å². The summed E-state index contributed by atoms with van der Waals surface area (Å²) in [5.41, 5.74) is 7.04. The number of halogens is 1. The first-order chi connectivity index (χ1) is 13.2. The first-order valence-corrected chi connectivity index (χ1v) is 10.4. The lowest BCUT2D eigenvalue weighted by molar-refractivity contribution is -0.133. The fraction of sp³-hybridized carbons (Fsp3) is 0.667. The SMILES string of the molecule is O=C(N[C@H]1[C@H]2CCO[C@H]2[C@H]1C1CCCC1)C1CNNC1c1cccc(F)c1. The number of rotatable bonds is 4. The van der Waals surface area contributed by atoms with E-state index in [1.54, 1.807) is 6.07 Å². The maximum absolute atomic E-state index is 13.6. The molecular formula is C21H28FN3O2. The van der Waals surface area contributed by atoms with Crippen LogP contribution in [0.2, 0.25) is 0 Å². The van der Waals surface area contributed by atoms with Gasteiger partial charge in [-0.25, -0.2) is 9.82 Å². The molecule has 0 aromatic heterocycles. The number of carbonyl (C=O) groups is 1. The van der Waals surface area contributed by atoms with Crippen molar-refractivity contribution < 1.29 is 13.9 Å². The van der Waals surface area contributed by atoms with E-state index in [1.165, 1.54) is 37.8 Å². The Morgan fingerprint density at radius 1 is 1.22 bits per heavy atom. The van der Waals surface area contributed by atoms with Crippen molar-refractivity contribution >= 4 is 5.91 Å². The lowest BCUT2D eigenvalue weighted by Crippen LogP contribution is -2.64. The van der Waals surface area contributed by atoms with Gasteiger partial charge in [-0.2, -0.15) is 0 Å². The summed E-state index contributed by atoms with van der Waals surface area (Å²) in [5, 5.41) is 3.38. The normalized spacial score (nSPS) is 38.6.